The zero-order chi connectivity index (χ0) is 11.9. The second-order valence-electron chi connectivity index (χ2n) is 4.14. The normalized spacial score (nSPS) is 13.3. The maximum absolute atomic E-state index is 13.8. The molecule has 4 heteroatoms. The fraction of sp³-hybridized carbons (Fsp3) is 0.333. The van der Waals surface area contributed by atoms with Gasteiger partial charge in [0.15, 0.2) is 0 Å². The molecule has 2 nitrogen and oxygen atoms in total. The summed E-state index contributed by atoms with van der Waals surface area (Å²) in [6.07, 6.45) is 0.580. The van der Waals surface area contributed by atoms with E-state index in [4.69, 9.17) is 17.3 Å². The van der Waals surface area contributed by atoms with Crippen LogP contribution in [0.4, 0.5) is 4.39 Å². The Balaban J connectivity index is 2.76. The number of hydrogen-bond acceptors (Lipinski definition) is 1. The Labute approximate surface area is 98.8 Å². The average molecular weight is 241 g/mol. The molecule has 2 aromatic rings. The standard InChI is InChI=1S/C12H14ClFN2/c1-7(15)6-8-11-9(14)4-3-5-10(11)16(2)12(8)13/h3-5,7H,6,15H2,1-2H3. The SMILES string of the molecule is CC(N)Cc1c(Cl)n(C)c2cccc(F)c12. The van der Waals surface area contributed by atoms with E-state index in [0.29, 0.717) is 17.0 Å². The van der Waals surface area contributed by atoms with E-state index in [1.807, 2.05) is 20.0 Å². The molecule has 0 radical (unpaired) electrons. The van der Waals surface area contributed by atoms with Crippen LogP contribution in [-0.2, 0) is 13.5 Å². The summed E-state index contributed by atoms with van der Waals surface area (Å²) in [5.41, 5.74) is 7.36. The van der Waals surface area contributed by atoms with Gasteiger partial charge in [0.1, 0.15) is 11.0 Å². The fourth-order valence-corrected chi connectivity index (χ4v) is 2.27. The largest absolute Gasteiger partial charge is 0.334 e. The van der Waals surface area contributed by atoms with Crippen LogP contribution >= 0.6 is 11.6 Å². The molecule has 0 amide bonds. The van der Waals surface area contributed by atoms with Gasteiger partial charge in [0.2, 0.25) is 0 Å². The first-order valence-corrected chi connectivity index (χ1v) is 5.57. The topological polar surface area (TPSA) is 30.9 Å². The summed E-state index contributed by atoms with van der Waals surface area (Å²) >= 11 is 6.19. The highest BCUT2D eigenvalue weighted by Gasteiger charge is 2.17. The molecule has 0 saturated carbocycles. The van der Waals surface area contributed by atoms with Crippen molar-refractivity contribution in [2.75, 3.05) is 0 Å². The number of nitrogens with two attached hydrogens (primary N) is 1. The van der Waals surface area contributed by atoms with Crippen molar-refractivity contribution >= 4 is 22.5 Å². The number of halogens is 2. The molecule has 0 aliphatic carbocycles. The van der Waals surface area contributed by atoms with Crippen molar-refractivity contribution in [3.8, 4) is 0 Å². The lowest BCUT2D eigenvalue weighted by molar-refractivity contribution is 0.637. The third-order valence-electron chi connectivity index (χ3n) is 2.72. The Bertz CT molecular complexity index is 531. The highest BCUT2D eigenvalue weighted by atomic mass is 35.5. The van der Waals surface area contributed by atoms with Gasteiger partial charge in [-0.15, -0.1) is 0 Å². The molecule has 16 heavy (non-hydrogen) atoms. The molecular formula is C12H14ClFN2. The van der Waals surface area contributed by atoms with Crippen molar-refractivity contribution in [2.24, 2.45) is 12.8 Å². The van der Waals surface area contributed by atoms with Crippen LogP contribution in [-0.4, -0.2) is 10.6 Å². The molecule has 2 rings (SSSR count). The summed E-state index contributed by atoms with van der Waals surface area (Å²) in [4.78, 5) is 0. The summed E-state index contributed by atoms with van der Waals surface area (Å²) in [5.74, 6) is -0.240. The summed E-state index contributed by atoms with van der Waals surface area (Å²) in [6, 6.07) is 4.95. The van der Waals surface area contributed by atoms with E-state index in [1.165, 1.54) is 6.07 Å². The zero-order valence-electron chi connectivity index (χ0n) is 9.30. The lowest BCUT2D eigenvalue weighted by Crippen LogP contribution is -2.17. The second-order valence-corrected chi connectivity index (χ2v) is 4.50. The second kappa shape index (κ2) is 4.07. The average Bonchev–Trinajstić information content (AvgIpc) is 2.45. The van der Waals surface area contributed by atoms with Gasteiger partial charge in [-0.05, 0) is 25.5 Å². The van der Waals surface area contributed by atoms with E-state index < -0.39 is 0 Å². The predicted octanol–water partition coefficient (Wildman–Crippen LogP) is 2.86. The molecule has 0 aliphatic heterocycles. The number of fused-ring (bicyclic) bond motifs is 1. The lowest BCUT2D eigenvalue weighted by atomic mass is 10.1. The highest BCUT2D eigenvalue weighted by Crippen LogP contribution is 2.31. The van der Waals surface area contributed by atoms with Crippen molar-refractivity contribution in [3.05, 3.63) is 34.7 Å². The fourth-order valence-electron chi connectivity index (χ4n) is 2.01. The van der Waals surface area contributed by atoms with E-state index in [0.717, 1.165) is 11.1 Å². The van der Waals surface area contributed by atoms with Crippen molar-refractivity contribution < 1.29 is 4.39 Å². The van der Waals surface area contributed by atoms with Crippen LogP contribution in [0.15, 0.2) is 18.2 Å². The first-order chi connectivity index (χ1) is 7.52. The van der Waals surface area contributed by atoms with Gasteiger partial charge >= 0.3 is 0 Å². The summed E-state index contributed by atoms with van der Waals surface area (Å²) < 4.78 is 15.6. The molecule has 0 saturated heterocycles. The molecule has 1 aromatic heterocycles. The summed E-state index contributed by atoms with van der Waals surface area (Å²) in [6.45, 7) is 1.88. The van der Waals surface area contributed by atoms with Gasteiger partial charge in [0.25, 0.3) is 0 Å². The first kappa shape index (κ1) is 11.4. The highest BCUT2D eigenvalue weighted by molar-refractivity contribution is 6.32. The van der Waals surface area contributed by atoms with Crippen LogP contribution in [0.25, 0.3) is 10.9 Å². The van der Waals surface area contributed by atoms with Crippen molar-refractivity contribution in [2.45, 2.75) is 19.4 Å². The third-order valence-corrected chi connectivity index (χ3v) is 3.21. The maximum atomic E-state index is 13.8. The van der Waals surface area contributed by atoms with Gasteiger partial charge in [-0.1, -0.05) is 17.7 Å². The van der Waals surface area contributed by atoms with Gasteiger partial charge in [0.05, 0.1) is 5.52 Å². The molecule has 1 heterocycles. The molecule has 86 valence electrons. The molecule has 1 aromatic carbocycles. The monoisotopic (exact) mass is 240 g/mol. The Hall–Kier alpha value is -1.06. The summed E-state index contributed by atoms with van der Waals surface area (Å²) in [7, 11) is 1.83. The van der Waals surface area contributed by atoms with Gasteiger partial charge in [-0.3, -0.25) is 0 Å². The van der Waals surface area contributed by atoms with Crippen molar-refractivity contribution in [3.63, 3.8) is 0 Å². The number of aromatic nitrogens is 1. The minimum atomic E-state index is -0.240. The molecule has 0 aliphatic rings. The number of nitrogens with zero attached hydrogens (tertiary/aromatic N) is 1. The van der Waals surface area contributed by atoms with Crippen LogP contribution in [0.5, 0.6) is 0 Å². The van der Waals surface area contributed by atoms with Crippen molar-refractivity contribution in [1.29, 1.82) is 0 Å². The molecule has 0 fully saturated rings. The minimum Gasteiger partial charge on any atom is -0.334 e. The molecule has 1 unspecified atom stereocenters. The first-order valence-electron chi connectivity index (χ1n) is 5.19. The van der Waals surface area contributed by atoms with E-state index in [-0.39, 0.29) is 11.9 Å². The number of hydrogen-bond donors (Lipinski definition) is 1. The molecular weight excluding hydrogens is 227 g/mol. The number of rotatable bonds is 2. The van der Waals surface area contributed by atoms with Gasteiger partial charge in [-0.25, -0.2) is 4.39 Å². The van der Waals surface area contributed by atoms with Gasteiger partial charge in [0, 0.05) is 24.0 Å². The van der Waals surface area contributed by atoms with Crippen LogP contribution < -0.4 is 5.73 Å². The maximum Gasteiger partial charge on any atom is 0.132 e. The van der Waals surface area contributed by atoms with Gasteiger partial charge in [-0.2, -0.15) is 0 Å². The Kier molecular flexibility index (Phi) is 2.91. The Morgan fingerprint density at radius 1 is 1.50 bits per heavy atom. The molecule has 0 bridgehead atoms. The van der Waals surface area contributed by atoms with E-state index >= 15 is 0 Å². The van der Waals surface area contributed by atoms with Crippen molar-refractivity contribution in [1.82, 2.24) is 4.57 Å². The van der Waals surface area contributed by atoms with E-state index in [2.05, 4.69) is 0 Å². The minimum absolute atomic E-state index is 0.0392. The molecule has 1 atom stereocenters. The Morgan fingerprint density at radius 2 is 2.19 bits per heavy atom. The van der Waals surface area contributed by atoms with Crippen LogP contribution in [0.2, 0.25) is 5.15 Å². The smallest absolute Gasteiger partial charge is 0.132 e. The molecule has 2 N–H and O–H groups in total. The lowest BCUT2D eigenvalue weighted by Gasteiger charge is -2.04. The van der Waals surface area contributed by atoms with E-state index in [9.17, 15) is 4.39 Å². The van der Waals surface area contributed by atoms with Crippen LogP contribution in [0, 0.1) is 5.82 Å². The van der Waals surface area contributed by atoms with E-state index in [1.54, 1.807) is 10.6 Å². The number of benzene rings is 1. The zero-order valence-corrected chi connectivity index (χ0v) is 10.1. The number of aryl methyl sites for hydroxylation is 1. The molecule has 0 spiro atoms. The van der Waals surface area contributed by atoms with Crippen LogP contribution in [0.3, 0.4) is 0 Å². The summed E-state index contributed by atoms with van der Waals surface area (Å²) in [5, 5.41) is 1.16. The third kappa shape index (κ3) is 1.70. The van der Waals surface area contributed by atoms with Gasteiger partial charge < -0.3 is 10.3 Å². The predicted molar refractivity (Wildman–Crippen MR) is 65.2 cm³/mol. The Morgan fingerprint density at radius 3 is 2.81 bits per heavy atom. The van der Waals surface area contributed by atoms with Crippen LogP contribution in [0.1, 0.15) is 12.5 Å². The quantitative estimate of drug-likeness (QED) is 0.860.